The molecule has 0 spiro atoms. The SMILES string of the molecule is Cc1ccc(-c2[nH]ncc2CNN2C(C)CCCC2C)o1. The van der Waals surface area contributed by atoms with Crippen molar-refractivity contribution in [3.63, 3.8) is 0 Å². The fraction of sp³-hybridized carbons (Fsp3) is 0.562. The van der Waals surface area contributed by atoms with E-state index >= 15 is 0 Å². The predicted octanol–water partition coefficient (Wildman–Crippen LogP) is 3.25. The van der Waals surface area contributed by atoms with Gasteiger partial charge < -0.3 is 4.42 Å². The van der Waals surface area contributed by atoms with Crippen LogP contribution in [0.3, 0.4) is 0 Å². The second-order valence-corrected chi connectivity index (χ2v) is 6.05. The van der Waals surface area contributed by atoms with Crippen molar-refractivity contribution < 1.29 is 4.42 Å². The number of rotatable bonds is 4. The van der Waals surface area contributed by atoms with Crippen molar-refractivity contribution in [2.75, 3.05) is 0 Å². The van der Waals surface area contributed by atoms with Gasteiger partial charge in [-0.25, -0.2) is 5.01 Å². The van der Waals surface area contributed by atoms with Crippen molar-refractivity contribution in [3.05, 3.63) is 29.7 Å². The molecule has 0 aliphatic carbocycles. The standard InChI is InChI=1S/C16H24N4O/c1-11-5-4-6-12(2)20(11)18-10-14-9-17-19-16(14)15-8-7-13(3)21-15/h7-9,11-12,18H,4-6,10H2,1-3H3,(H,17,19). The molecule has 0 amide bonds. The number of aromatic nitrogens is 2. The third-order valence-electron chi connectivity index (χ3n) is 4.35. The summed E-state index contributed by atoms with van der Waals surface area (Å²) in [6.07, 6.45) is 5.71. The average molecular weight is 288 g/mol. The Kier molecular flexibility index (Phi) is 4.12. The summed E-state index contributed by atoms with van der Waals surface area (Å²) >= 11 is 0. The van der Waals surface area contributed by atoms with Crippen LogP contribution in [0.2, 0.25) is 0 Å². The molecule has 5 heteroatoms. The number of aromatic amines is 1. The highest BCUT2D eigenvalue weighted by Gasteiger charge is 2.24. The van der Waals surface area contributed by atoms with Crippen LogP contribution in [0.25, 0.3) is 11.5 Å². The minimum atomic E-state index is 0.579. The lowest BCUT2D eigenvalue weighted by Gasteiger charge is -2.39. The molecule has 2 atom stereocenters. The summed E-state index contributed by atoms with van der Waals surface area (Å²) in [4.78, 5) is 0. The van der Waals surface area contributed by atoms with Gasteiger partial charge in [0.25, 0.3) is 0 Å². The van der Waals surface area contributed by atoms with E-state index in [0.29, 0.717) is 12.1 Å². The van der Waals surface area contributed by atoms with Crippen LogP contribution >= 0.6 is 0 Å². The molecule has 2 unspecified atom stereocenters. The Morgan fingerprint density at radius 3 is 2.76 bits per heavy atom. The maximum atomic E-state index is 5.69. The molecule has 1 fully saturated rings. The highest BCUT2D eigenvalue weighted by molar-refractivity contribution is 5.56. The van der Waals surface area contributed by atoms with Crippen molar-refractivity contribution in [2.24, 2.45) is 0 Å². The van der Waals surface area contributed by atoms with Gasteiger partial charge in [0.05, 0.1) is 6.20 Å². The van der Waals surface area contributed by atoms with E-state index in [-0.39, 0.29) is 0 Å². The van der Waals surface area contributed by atoms with Gasteiger partial charge in [-0.15, -0.1) is 0 Å². The van der Waals surface area contributed by atoms with Gasteiger partial charge >= 0.3 is 0 Å². The van der Waals surface area contributed by atoms with Crippen molar-refractivity contribution >= 4 is 0 Å². The minimum absolute atomic E-state index is 0.579. The molecule has 0 radical (unpaired) electrons. The Bertz CT molecular complexity index is 579. The topological polar surface area (TPSA) is 57.1 Å². The molecule has 0 bridgehead atoms. The van der Waals surface area contributed by atoms with Gasteiger partial charge in [-0.3, -0.25) is 10.5 Å². The molecule has 1 saturated heterocycles. The van der Waals surface area contributed by atoms with Crippen LogP contribution < -0.4 is 5.43 Å². The van der Waals surface area contributed by atoms with E-state index in [9.17, 15) is 0 Å². The van der Waals surface area contributed by atoms with Gasteiger partial charge in [0.1, 0.15) is 11.5 Å². The third-order valence-corrected chi connectivity index (χ3v) is 4.35. The number of hydrogen-bond donors (Lipinski definition) is 2. The van der Waals surface area contributed by atoms with E-state index < -0.39 is 0 Å². The molecule has 2 aromatic heterocycles. The van der Waals surface area contributed by atoms with Gasteiger partial charge in [-0.1, -0.05) is 6.42 Å². The van der Waals surface area contributed by atoms with Gasteiger partial charge in [0.2, 0.25) is 0 Å². The number of piperidine rings is 1. The number of H-pyrrole nitrogens is 1. The van der Waals surface area contributed by atoms with Crippen molar-refractivity contribution in [1.29, 1.82) is 0 Å². The number of nitrogens with one attached hydrogen (secondary N) is 2. The normalized spacial score (nSPS) is 23.6. The van der Waals surface area contributed by atoms with Crippen LogP contribution in [-0.2, 0) is 6.54 Å². The zero-order valence-electron chi connectivity index (χ0n) is 13.0. The zero-order valence-corrected chi connectivity index (χ0v) is 13.0. The van der Waals surface area contributed by atoms with Crippen LogP contribution in [-0.4, -0.2) is 27.3 Å². The number of nitrogens with zero attached hydrogens (tertiary/aromatic N) is 2. The predicted molar refractivity (Wildman–Crippen MR) is 82.5 cm³/mol. The highest BCUT2D eigenvalue weighted by atomic mass is 16.3. The van der Waals surface area contributed by atoms with Gasteiger partial charge in [-0.05, 0) is 45.7 Å². The highest BCUT2D eigenvalue weighted by Crippen LogP contribution is 2.24. The quantitative estimate of drug-likeness (QED) is 0.906. The molecule has 2 aromatic rings. The van der Waals surface area contributed by atoms with E-state index in [0.717, 1.165) is 29.3 Å². The Morgan fingerprint density at radius 1 is 1.33 bits per heavy atom. The van der Waals surface area contributed by atoms with E-state index in [2.05, 4.69) is 34.5 Å². The average Bonchev–Trinajstić information content (AvgIpc) is 3.06. The Morgan fingerprint density at radius 2 is 2.10 bits per heavy atom. The maximum Gasteiger partial charge on any atom is 0.152 e. The molecule has 1 aliphatic rings. The Hall–Kier alpha value is -1.59. The number of furan rings is 1. The first-order valence-corrected chi connectivity index (χ1v) is 7.76. The second kappa shape index (κ2) is 6.03. The fourth-order valence-corrected chi connectivity index (χ4v) is 3.14. The zero-order chi connectivity index (χ0) is 14.8. The largest absolute Gasteiger partial charge is 0.460 e. The lowest BCUT2D eigenvalue weighted by atomic mass is 10.00. The Labute approximate surface area is 125 Å². The molecule has 0 saturated carbocycles. The summed E-state index contributed by atoms with van der Waals surface area (Å²) in [6, 6.07) is 5.12. The van der Waals surface area contributed by atoms with Crippen LogP contribution in [0, 0.1) is 6.92 Å². The van der Waals surface area contributed by atoms with E-state index in [1.54, 1.807) is 0 Å². The van der Waals surface area contributed by atoms with Crippen LogP contribution in [0.1, 0.15) is 44.4 Å². The molecule has 3 rings (SSSR count). The number of aryl methyl sites for hydroxylation is 1. The molecule has 1 aliphatic heterocycles. The first-order chi connectivity index (χ1) is 10.1. The molecule has 2 N–H and O–H groups in total. The summed E-state index contributed by atoms with van der Waals surface area (Å²) in [6.45, 7) is 7.29. The lowest BCUT2D eigenvalue weighted by Crippen LogP contribution is -2.51. The summed E-state index contributed by atoms with van der Waals surface area (Å²) in [7, 11) is 0. The number of hydrogen-bond acceptors (Lipinski definition) is 4. The van der Waals surface area contributed by atoms with Crippen LogP contribution in [0.5, 0.6) is 0 Å². The monoisotopic (exact) mass is 288 g/mol. The molecule has 114 valence electrons. The number of hydrazine groups is 1. The van der Waals surface area contributed by atoms with E-state index in [1.165, 1.54) is 19.3 Å². The van der Waals surface area contributed by atoms with Crippen LogP contribution in [0.4, 0.5) is 0 Å². The molecule has 5 nitrogen and oxygen atoms in total. The summed E-state index contributed by atoms with van der Waals surface area (Å²) in [5.41, 5.74) is 5.67. The first kappa shape index (κ1) is 14.4. The second-order valence-electron chi connectivity index (χ2n) is 6.05. The fourth-order valence-electron chi connectivity index (χ4n) is 3.14. The van der Waals surface area contributed by atoms with E-state index in [1.807, 2.05) is 25.3 Å². The molecule has 0 aromatic carbocycles. The molecular weight excluding hydrogens is 264 g/mol. The summed E-state index contributed by atoms with van der Waals surface area (Å²) in [5.74, 6) is 1.76. The lowest BCUT2D eigenvalue weighted by molar-refractivity contribution is 0.0436. The van der Waals surface area contributed by atoms with E-state index in [4.69, 9.17) is 4.42 Å². The minimum Gasteiger partial charge on any atom is -0.460 e. The summed E-state index contributed by atoms with van der Waals surface area (Å²) in [5, 5.41) is 9.59. The molecule has 3 heterocycles. The molecule has 21 heavy (non-hydrogen) atoms. The van der Waals surface area contributed by atoms with Gasteiger partial charge in [0, 0.05) is 24.2 Å². The van der Waals surface area contributed by atoms with Gasteiger partial charge in [-0.2, -0.15) is 5.10 Å². The van der Waals surface area contributed by atoms with Crippen LogP contribution in [0.15, 0.2) is 22.7 Å². The summed E-state index contributed by atoms with van der Waals surface area (Å²) < 4.78 is 5.69. The third kappa shape index (κ3) is 3.04. The molecular formula is C16H24N4O. The smallest absolute Gasteiger partial charge is 0.152 e. The first-order valence-electron chi connectivity index (χ1n) is 7.76. The van der Waals surface area contributed by atoms with Gasteiger partial charge in [0.15, 0.2) is 5.76 Å². The van der Waals surface area contributed by atoms with Crippen molar-refractivity contribution in [1.82, 2.24) is 20.6 Å². The Balaban J connectivity index is 1.70. The van der Waals surface area contributed by atoms with Crippen molar-refractivity contribution in [3.8, 4) is 11.5 Å². The van der Waals surface area contributed by atoms with Crippen molar-refractivity contribution in [2.45, 2.75) is 58.7 Å². The maximum absolute atomic E-state index is 5.69.